The minimum Gasteiger partial charge on any atom is -0.490 e. The van der Waals surface area contributed by atoms with E-state index < -0.39 is 5.97 Å². The highest BCUT2D eigenvalue weighted by molar-refractivity contribution is 6.39. The highest BCUT2D eigenvalue weighted by Gasteiger charge is 2.43. The summed E-state index contributed by atoms with van der Waals surface area (Å²) in [5.74, 6) is 0.607. The van der Waals surface area contributed by atoms with Gasteiger partial charge in [0.1, 0.15) is 23.8 Å². The van der Waals surface area contributed by atoms with Gasteiger partial charge in [0.25, 0.3) is 0 Å². The summed E-state index contributed by atoms with van der Waals surface area (Å²) >= 11 is 13.0. The highest BCUT2D eigenvalue weighted by Crippen LogP contribution is 2.54. The Labute approximate surface area is 258 Å². The molecule has 0 radical (unpaired) electrons. The number of aliphatic hydroxyl groups is 1. The lowest BCUT2D eigenvalue weighted by Gasteiger charge is -2.50. The van der Waals surface area contributed by atoms with Crippen molar-refractivity contribution in [3.05, 3.63) is 69.3 Å². The predicted molar refractivity (Wildman–Crippen MR) is 164 cm³/mol. The number of rotatable bonds is 8. The Morgan fingerprint density at radius 1 is 1.14 bits per heavy atom. The fourth-order valence-electron chi connectivity index (χ4n) is 6.48. The van der Waals surface area contributed by atoms with E-state index >= 15 is 0 Å². The third-order valence-corrected chi connectivity index (χ3v) is 9.43. The molecule has 0 unspecified atom stereocenters. The number of aliphatic hydroxyl groups excluding tert-OH is 1. The van der Waals surface area contributed by atoms with Crippen molar-refractivity contribution < 1.29 is 24.3 Å². The number of carbonyl (C=O) groups is 1. The van der Waals surface area contributed by atoms with Gasteiger partial charge in [0.05, 0.1) is 22.2 Å². The van der Waals surface area contributed by atoms with Crippen LogP contribution < -0.4 is 9.64 Å². The molecule has 4 heterocycles. The molecule has 3 aromatic heterocycles. The highest BCUT2D eigenvalue weighted by atomic mass is 35.5. The maximum absolute atomic E-state index is 11.5. The third-order valence-electron chi connectivity index (χ3n) is 8.86. The van der Waals surface area contributed by atoms with Crippen molar-refractivity contribution in [2.24, 2.45) is 5.41 Å². The number of nitrogens with zero attached hydrogens (tertiary/aromatic N) is 4. The third kappa shape index (κ3) is 5.34. The summed E-state index contributed by atoms with van der Waals surface area (Å²) in [4.78, 5) is 22.3. The second-order valence-electron chi connectivity index (χ2n) is 11.8. The van der Waals surface area contributed by atoms with Crippen molar-refractivity contribution in [1.82, 2.24) is 15.1 Å². The molecular formula is C32H30Cl2N4O5. The van der Waals surface area contributed by atoms with Crippen LogP contribution >= 0.6 is 23.2 Å². The molecule has 9 nitrogen and oxygen atoms in total. The maximum atomic E-state index is 11.5. The fraction of sp³-hybridized carbons (Fsp3) is 0.375. The maximum Gasteiger partial charge on any atom is 0.354 e. The van der Waals surface area contributed by atoms with Crippen molar-refractivity contribution in [1.29, 1.82) is 0 Å². The van der Waals surface area contributed by atoms with Crippen LogP contribution in [0.4, 0.5) is 5.69 Å². The first-order chi connectivity index (χ1) is 20.8. The second kappa shape index (κ2) is 11.1. The topological polar surface area (TPSA) is 122 Å². The smallest absolute Gasteiger partial charge is 0.354 e. The van der Waals surface area contributed by atoms with E-state index in [4.69, 9.17) is 32.5 Å². The Balaban J connectivity index is 1.08. The summed E-state index contributed by atoms with van der Waals surface area (Å²) in [5.41, 5.74) is 5.51. The molecule has 0 amide bonds. The molecule has 3 aliphatic rings. The van der Waals surface area contributed by atoms with Gasteiger partial charge in [-0.05, 0) is 68.2 Å². The predicted octanol–water partition coefficient (Wildman–Crippen LogP) is 7.00. The van der Waals surface area contributed by atoms with Crippen LogP contribution in [0.15, 0.2) is 46.8 Å². The zero-order valence-electron chi connectivity index (χ0n) is 23.4. The number of carboxylic acid groups (broad SMARTS) is 1. The average molecular weight is 622 g/mol. The number of aromatic nitrogens is 3. The van der Waals surface area contributed by atoms with Crippen LogP contribution in [0.1, 0.15) is 66.3 Å². The van der Waals surface area contributed by atoms with Crippen molar-refractivity contribution >= 4 is 51.8 Å². The zero-order chi connectivity index (χ0) is 29.7. The van der Waals surface area contributed by atoms with Crippen molar-refractivity contribution in [3.63, 3.8) is 0 Å². The van der Waals surface area contributed by atoms with Crippen LogP contribution in [-0.2, 0) is 0 Å². The summed E-state index contributed by atoms with van der Waals surface area (Å²) < 4.78 is 11.5. The number of fused-ring (bicyclic) bond motifs is 1. The Morgan fingerprint density at radius 2 is 1.88 bits per heavy atom. The molecule has 3 fully saturated rings. The fourth-order valence-corrected chi connectivity index (χ4v) is 7.03. The van der Waals surface area contributed by atoms with Gasteiger partial charge in [-0.1, -0.05) is 33.9 Å². The summed E-state index contributed by atoms with van der Waals surface area (Å²) in [6, 6.07) is 7.26. The summed E-state index contributed by atoms with van der Waals surface area (Å²) in [6.45, 7) is 1.74. The van der Waals surface area contributed by atoms with Crippen molar-refractivity contribution in [2.45, 2.75) is 44.4 Å². The van der Waals surface area contributed by atoms with Gasteiger partial charge in [-0.2, -0.15) is 0 Å². The van der Waals surface area contributed by atoms with Crippen LogP contribution in [0, 0.1) is 5.41 Å². The molecule has 43 heavy (non-hydrogen) atoms. The van der Waals surface area contributed by atoms with E-state index in [2.05, 4.69) is 26.1 Å². The number of ether oxygens (including phenoxy) is 1. The quantitative estimate of drug-likeness (QED) is 0.214. The van der Waals surface area contributed by atoms with E-state index in [1.165, 1.54) is 11.6 Å². The summed E-state index contributed by atoms with van der Waals surface area (Å²) in [7, 11) is 0. The monoisotopic (exact) mass is 620 g/mol. The molecule has 2 saturated carbocycles. The van der Waals surface area contributed by atoms with Crippen LogP contribution in [-0.4, -0.2) is 57.6 Å². The first-order valence-electron chi connectivity index (χ1n) is 14.5. The van der Waals surface area contributed by atoms with Crippen LogP contribution in [0.3, 0.4) is 0 Å². The van der Waals surface area contributed by atoms with Gasteiger partial charge in [-0.3, -0.25) is 4.98 Å². The number of aromatic carboxylic acids is 1. The lowest BCUT2D eigenvalue weighted by Crippen LogP contribution is -2.44. The lowest BCUT2D eigenvalue weighted by molar-refractivity contribution is 0.0690. The minimum atomic E-state index is -1.12. The number of pyridine rings is 2. The van der Waals surface area contributed by atoms with Crippen LogP contribution in [0.2, 0.25) is 10.0 Å². The molecule has 11 heteroatoms. The average Bonchev–Trinajstić information content (AvgIpc) is 3.75. The van der Waals surface area contributed by atoms with E-state index in [1.54, 1.807) is 12.4 Å². The van der Waals surface area contributed by atoms with Gasteiger partial charge >= 0.3 is 5.97 Å². The van der Waals surface area contributed by atoms with Gasteiger partial charge < -0.3 is 24.4 Å². The van der Waals surface area contributed by atoms with Crippen molar-refractivity contribution in [2.75, 3.05) is 31.2 Å². The first-order valence-corrected chi connectivity index (χ1v) is 15.2. The molecule has 1 saturated heterocycles. The standard InChI is InChI=1S/C32H30Cl2N4O5/c33-23-16-35-17-24(34)28(23)29-22(30(43-37-29)19-1-2-19)11-18-14-32(15-18)5-7-38(8-6-32)20-3-4-25-21(12-20)27(42-10-9-39)13-26(36-25)31(40)41/h3-4,11-13,16-17,19,39H,1-2,5-10,14-15H2,(H,40,41). The van der Waals surface area contributed by atoms with Gasteiger partial charge in [0, 0.05) is 59.7 Å². The molecule has 222 valence electrons. The van der Waals surface area contributed by atoms with Gasteiger partial charge in [0.15, 0.2) is 5.69 Å². The number of piperidine rings is 1. The number of hydrogen-bond acceptors (Lipinski definition) is 8. The van der Waals surface area contributed by atoms with Gasteiger partial charge in [-0.25, -0.2) is 9.78 Å². The molecule has 1 spiro atoms. The second-order valence-corrected chi connectivity index (χ2v) is 12.6. The molecule has 1 aromatic carbocycles. The minimum absolute atomic E-state index is 0.0750. The Morgan fingerprint density at radius 3 is 2.56 bits per heavy atom. The van der Waals surface area contributed by atoms with E-state index in [1.807, 2.05) is 18.2 Å². The molecule has 2 aliphatic carbocycles. The molecule has 0 bridgehead atoms. The number of allylic oxidation sites excluding steroid dienone is 1. The number of benzene rings is 1. The molecule has 7 rings (SSSR count). The zero-order valence-corrected chi connectivity index (χ0v) is 24.9. The lowest BCUT2D eigenvalue weighted by atomic mass is 9.60. The van der Waals surface area contributed by atoms with E-state index in [0.717, 1.165) is 74.0 Å². The molecular weight excluding hydrogens is 591 g/mol. The van der Waals surface area contributed by atoms with Crippen LogP contribution in [0.5, 0.6) is 5.75 Å². The number of anilines is 1. The Hall–Kier alpha value is -3.66. The summed E-state index contributed by atoms with van der Waals surface area (Å²) in [5, 5.41) is 24.7. The van der Waals surface area contributed by atoms with Crippen molar-refractivity contribution in [3.8, 4) is 17.0 Å². The van der Waals surface area contributed by atoms with Crippen LogP contribution in [0.25, 0.3) is 28.2 Å². The molecule has 1 aliphatic heterocycles. The first kappa shape index (κ1) is 28.1. The SMILES string of the molecule is O=C(O)c1cc(OCCO)c2cc(N3CCC4(CC3)CC(=Cc3c(-c5c(Cl)cncc5Cl)noc3C3CC3)C4)ccc2n1. The number of carboxylic acids is 1. The van der Waals surface area contributed by atoms with E-state index in [0.29, 0.717) is 38.5 Å². The molecule has 2 N–H and O–H groups in total. The largest absolute Gasteiger partial charge is 0.490 e. The van der Waals surface area contributed by atoms with E-state index in [-0.39, 0.29) is 24.3 Å². The Kier molecular flexibility index (Phi) is 7.27. The van der Waals surface area contributed by atoms with Gasteiger partial charge in [0.2, 0.25) is 0 Å². The number of hydrogen-bond donors (Lipinski definition) is 2. The molecule has 4 aromatic rings. The normalized spacial score (nSPS) is 17.7. The Bertz CT molecular complexity index is 1730. The molecule has 0 atom stereocenters. The van der Waals surface area contributed by atoms with Gasteiger partial charge in [-0.15, -0.1) is 0 Å². The summed E-state index contributed by atoms with van der Waals surface area (Å²) in [6.07, 6.45) is 11.8. The number of halogens is 2. The van der Waals surface area contributed by atoms with E-state index in [9.17, 15) is 15.0 Å².